The second-order valence-corrected chi connectivity index (χ2v) is 2.39. The highest BCUT2D eigenvalue weighted by molar-refractivity contribution is 9.08. The molecule has 2 aromatic rings. The zero-order valence-corrected chi connectivity index (χ0v) is 9.32. The van der Waals surface area contributed by atoms with Gasteiger partial charge in [-0.25, -0.2) is 4.68 Å². The first-order chi connectivity index (χ1) is 6.42. The molecule has 4 heteroatoms. The molecule has 1 aromatic heterocycles. The minimum absolute atomic E-state index is 0.876. The van der Waals surface area contributed by atoms with Gasteiger partial charge in [-0.2, -0.15) is 0 Å². The molecule has 3 nitrogen and oxygen atoms in total. The summed E-state index contributed by atoms with van der Waals surface area (Å²) in [5.74, 6) is 1.81. The first-order valence-electron chi connectivity index (χ1n) is 4.08. The Labute approximate surface area is 85.9 Å². The largest absolute Gasteiger partial charge is 0.245 e. The van der Waals surface area contributed by atoms with Gasteiger partial charge >= 0.3 is 0 Å². The van der Waals surface area contributed by atoms with Gasteiger partial charge in [0.1, 0.15) is 5.52 Å². The van der Waals surface area contributed by atoms with Gasteiger partial charge in [-0.3, -0.25) is 0 Å². The van der Waals surface area contributed by atoms with E-state index in [1.807, 2.05) is 34.8 Å². The Bertz CT molecular complexity index is 370. The Kier molecular flexibility index (Phi) is 3.89. The summed E-state index contributed by atoms with van der Waals surface area (Å²) in [5, 5.41) is 7.98. The van der Waals surface area contributed by atoms with E-state index >= 15 is 0 Å². The maximum absolute atomic E-state index is 4.00. The lowest BCUT2D eigenvalue weighted by Gasteiger charge is -1.93. The van der Waals surface area contributed by atoms with E-state index in [4.69, 9.17) is 0 Å². The molecule has 0 atom stereocenters. The summed E-state index contributed by atoms with van der Waals surface area (Å²) < 4.78 is 1.88. The molecule has 1 heterocycles. The van der Waals surface area contributed by atoms with Crippen molar-refractivity contribution in [1.29, 1.82) is 0 Å². The van der Waals surface area contributed by atoms with Crippen molar-refractivity contribution in [3.05, 3.63) is 24.3 Å². The number of aromatic nitrogens is 3. The SMILES string of the molecule is CBr.CCn1nnc2ccccc21. The molecule has 0 aliphatic rings. The van der Waals surface area contributed by atoms with E-state index in [1.54, 1.807) is 0 Å². The van der Waals surface area contributed by atoms with Crippen LogP contribution in [0.25, 0.3) is 11.0 Å². The van der Waals surface area contributed by atoms with E-state index in [-0.39, 0.29) is 0 Å². The Hall–Kier alpha value is -0.900. The van der Waals surface area contributed by atoms with Crippen molar-refractivity contribution in [3.63, 3.8) is 0 Å². The van der Waals surface area contributed by atoms with E-state index in [0.29, 0.717) is 0 Å². The summed E-state index contributed by atoms with van der Waals surface area (Å²) >= 11 is 2.94. The summed E-state index contributed by atoms with van der Waals surface area (Å²) in [6, 6.07) is 7.96. The van der Waals surface area contributed by atoms with Gasteiger partial charge in [-0.1, -0.05) is 33.3 Å². The topological polar surface area (TPSA) is 30.7 Å². The van der Waals surface area contributed by atoms with Crippen LogP contribution >= 0.6 is 15.9 Å². The normalized spacial score (nSPS) is 9.46. The highest BCUT2D eigenvalue weighted by Gasteiger charge is 1.98. The van der Waals surface area contributed by atoms with E-state index in [2.05, 4.69) is 33.2 Å². The Balaban J connectivity index is 0.000000396. The Morgan fingerprint density at radius 3 is 2.69 bits per heavy atom. The van der Waals surface area contributed by atoms with Gasteiger partial charge in [-0.05, 0) is 24.9 Å². The van der Waals surface area contributed by atoms with Crippen molar-refractivity contribution in [2.24, 2.45) is 0 Å². The minimum Gasteiger partial charge on any atom is -0.245 e. The van der Waals surface area contributed by atoms with Crippen LogP contribution in [0, 0.1) is 0 Å². The van der Waals surface area contributed by atoms with Crippen molar-refractivity contribution >= 4 is 27.0 Å². The minimum atomic E-state index is 0.876. The van der Waals surface area contributed by atoms with Gasteiger partial charge in [0.15, 0.2) is 0 Å². The van der Waals surface area contributed by atoms with E-state index in [9.17, 15) is 0 Å². The molecule has 13 heavy (non-hydrogen) atoms. The molecule has 0 radical (unpaired) electrons. The number of benzene rings is 1. The molecule has 0 fully saturated rings. The van der Waals surface area contributed by atoms with E-state index < -0.39 is 0 Å². The molecule has 0 unspecified atom stereocenters. The number of alkyl halides is 1. The molecule has 2 rings (SSSR count). The molecule has 0 aliphatic heterocycles. The van der Waals surface area contributed by atoms with Crippen LogP contribution in [0.1, 0.15) is 6.92 Å². The number of halogens is 1. The number of fused-ring (bicyclic) bond motifs is 1. The third-order valence-electron chi connectivity index (χ3n) is 1.72. The molecule has 0 amide bonds. The fourth-order valence-corrected chi connectivity index (χ4v) is 1.15. The molecule has 70 valence electrons. The molecule has 0 bridgehead atoms. The van der Waals surface area contributed by atoms with Crippen molar-refractivity contribution in [1.82, 2.24) is 15.0 Å². The van der Waals surface area contributed by atoms with Gasteiger partial charge in [0.2, 0.25) is 0 Å². The quantitative estimate of drug-likeness (QED) is 0.719. The Morgan fingerprint density at radius 2 is 2.00 bits per heavy atom. The van der Waals surface area contributed by atoms with Crippen LogP contribution in [-0.4, -0.2) is 20.8 Å². The predicted molar refractivity (Wildman–Crippen MR) is 58.1 cm³/mol. The first-order valence-corrected chi connectivity index (χ1v) is 5.66. The third kappa shape index (κ3) is 2.06. The average Bonchev–Trinajstić information content (AvgIpc) is 2.64. The maximum atomic E-state index is 4.00. The summed E-state index contributed by atoms with van der Waals surface area (Å²) in [6.45, 7) is 2.93. The summed E-state index contributed by atoms with van der Waals surface area (Å²) in [5.41, 5.74) is 2.07. The third-order valence-corrected chi connectivity index (χ3v) is 1.72. The number of para-hydroxylation sites is 1. The van der Waals surface area contributed by atoms with Crippen molar-refractivity contribution in [2.75, 3.05) is 5.83 Å². The molecule has 0 N–H and O–H groups in total. The number of hydrogen-bond donors (Lipinski definition) is 0. The lowest BCUT2D eigenvalue weighted by Crippen LogP contribution is -1.95. The highest BCUT2D eigenvalue weighted by Crippen LogP contribution is 2.08. The van der Waals surface area contributed by atoms with Crippen LogP contribution in [0.15, 0.2) is 24.3 Å². The van der Waals surface area contributed by atoms with E-state index in [1.165, 1.54) is 0 Å². The van der Waals surface area contributed by atoms with Crippen LogP contribution in [0.5, 0.6) is 0 Å². The van der Waals surface area contributed by atoms with Crippen molar-refractivity contribution in [2.45, 2.75) is 13.5 Å². The molecule has 0 saturated heterocycles. The van der Waals surface area contributed by atoms with Gasteiger partial charge in [-0.15, -0.1) is 5.10 Å². The number of aryl methyl sites for hydroxylation is 1. The van der Waals surface area contributed by atoms with Crippen molar-refractivity contribution < 1.29 is 0 Å². The molecule has 1 aromatic carbocycles. The highest BCUT2D eigenvalue weighted by atomic mass is 79.9. The predicted octanol–water partition coefficient (Wildman–Crippen LogP) is 2.46. The molecule has 0 saturated carbocycles. The van der Waals surface area contributed by atoms with Crippen LogP contribution in [0.4, 0.5) is 0 Å². The molecule has 0 spiro atoms. The summed E-state index contributed by atoms with van der Waals surface area (Å²) in [6.07, 6.45) is 0. The van der Waals surface area contributed by atoms with Crippen LogP contribution in [0.2, 0.25) is 0 Å². The zero-order valence-electron chi connectivity index (χ0n) is 7.74. The molecular weight excluding hydrogens is 230 g/mol. The molecule has 0 aliphatic carbocycles. The lowest BCUT2D eigenvalue weighted by atomic mass is 10.3. The van der Waals surface area contributed by atoms with E-state index in [0.717, 1.165) is 17.6 Å². The fraction of sp³-hybridized carbons (Fsp3) is 0.333. The van der Waals surface area contributed by atoms with Crippen molar-refractivity contribution in [3.8, 4) is 0 Å². The Morgan fingerprint density at radius 1 is 1.31 bits per heavy atom. The van der Waals surface area contributed by atoms with Crippen LogP contribution < -0.4 is 0 Å². The van der Waals surface area contributed by atoms with Gasteiger partial charge < -0.3 is 0 Å². The summed E-state index contributed by atoms with van der Waals surface area (Å²) in [7, 11) is 0. The zero-order chi connectivity index (χ0) is 9.68. The van der Waals surface area contributed by atoms with Gasteiger partial charge in [0.25, 0.3) is 0 Å². The second kappa shape index (κ2) is 4.97. The van der Waals surface area contributed by atoms with Gasteiger partial charge in [0.05, 0.1) is 5.52 Å². The maximum Gasteiger partial charge on any atom is 0.113 e. The first kappa shape index (κ1) is 10.2. The number of hydrogen-bond acceptors (Lipinski definition) is 2. The van der Waals surface area contributed by atoms with Crippen LogP contribution in [-0.2, 0) is 6.54 Å². The molecular formula is C9H12BrN3. The lowest BCUT2D eigenvalue weighted by molar-refractivity contribution is 0.646. The van der Waals surface area contributed by atoms with Gasteiger partial charge in [0, 0.05) is 6.54 Å². The fourth-order valence-electron chi connectivity index (χ4n) is 1.15. The number of rotatable bonds is 1. The standard InChI is InChI=1S/C8H9N3.CH3Br/c1-2-11-8-6-4-3-5-7(8)9-10-11;1-2/h3-6H,2H2,1H3;1H3. The average molecular weight is 242 g/mol. The monoisotopic (exact) mass is 241 g/mol. The van der Waals surface area contributed by atoms with Crippen LogP contribution in [0.3, 0.4) is 0 Å². The smallest absolute Gasteiger partial charge is 0.113 e. The second-order valence-electron chi connectivity index (χ2n) is 2.39. The summed E-state index contributed by atoms with van der Waals surface area (Å²) in [4.78, 5) is 0. The number of nitrogens with zero attached hydrogens (tertiary/aromatic N) is 3.